The molecule has 0 aliphatic carbocycles. The number of hydrogen-bond acceptors (Lipinski definition) is 7. The molecule has 1 saturated heterocycles. The lowest BCUT2D eigenvalue weighted by Crippen LogP contribution is -2.47. The van der Waals surface area contributed by atoms with Crippen LogP contribution >= 0.6 is 11.3 Å². The minimum absolute atomic E-state index is 0.448. The van der Waals surface area contributed by atoms with E-state index >= 15 is 0 Å². The molecule has 0 saturated carbocycles. The SMILES string of the molecule is Cc1cc2c(NN3C(C)CCCC3C)nc(NN)nc2s1. The van der Waals surface area contributed by atoms with Crippen molar-refractivity contribution in [3.63, 3.8) is 0 Å². The van der Waals surface area contributed by atoms with Gasteiger partial charge in [-0.15, -0.1) is 11.3 Å². The van der Waals surface area contributed by atoms with Gasteiger partial charge in [-0.3, -0.25) is 5.43 Å². The minimum Gasteiger partial charge on any atom is -0.302 e. The van der Waals surface area contributed by atoms with Gasteiger partial charge in [-0.1, -0.05) is 6.42 Å². The van der Waals surface area contributed by atoms with Crippen LogP contribution in [0.2, 0.25) is 0 Å². The van der Waals surface area contributed by atoms with Gasteiger partial charge in [-0.2, -0.15) is 4.98 Å². The predicted molar refractivity (Wildman–Crippen MR) is 88.2 cm³/mol. The van der Waals surface area contributed by atoms with E-state index in [1.165, 1.54) is 24.1 Å². The maximum atomic E-state index is 5.49. The molecular weight excluding hydrogens is 284 g/mol. The summed E-state index contributed by atoms with van der Waals surface area (Å²) in [6.07, 6.45) is 3.69. The normalized spacial score (nSPS) is 23.4. The van der Waals surface area contributed by atoms with E-state index in [-0.39, 0.29) is 0 Å². The van der Waals surface area contributed by atoms with Crippen LogP contribution in [0.15, 0.2) is 6.07 Å². The Labute approximate surface area is 128 Å². The number of hydrogen-bond donors (Lipinski definition) is 3. The van der Waals surface area contributed by atoms with Gasteiger partial charge in [0.25, 0.3) is 0 Å². The van der Waals surface area contributed by atoms with Crippen LogP contribution in [-0.2, 0) is 0 Å². The molecule has 7 heteroatoms. The van der Waals surface area contributed by atoms with Crippen LogP contribution in [0.4, 0.5) is 11.8 Å². The van der Waals surface area contributed by atoms with Crippen molar-refractivity contribution in [3.8, 4) is 0 Å². The zero-order valence-corrected chi connectivity index (χ0v) is 13.5. The number of aromatic nitrogens is 2. The van der Waals surface area contributed by atoms with Crippen molar-refractivity contribution in [1.29, 1.82) is 0 Å². The van der Waals surface area contributed by atoms with E-state index in [1.54, 1.807) is 11.3 Å². The zero-order chi connectivity index (χ0) is 15.0. The molecule has 1 fully saturated rings. The van der Waals surface area contributed by atoms with Crippen LogP contribution in [0.1, 0.15) is 38.0 Å². The minimum atomic E-state index is 0.448. The second-order valence-corrected chi connectivity index (χ2v) is 7.00. The molecule has 6 nitrogen and oxygen atoms in total. The van der Waals surface area contributed by atoms with Gasteiger partial charge < -0.3 is 5.43 Å². The highest BCUT2D eigenvalue weighted by molar-refractivity contribution is 7.18. The highest BCUT2D eigenvalue weighted by Crippen LogP contribution is 2.31. The van der Waals surface area contributed by atoms with Gasteiger partial charge in [-0.05, 0) is 39.7 Å². The molecule has 2 aromatic rings. The van der Waals surface area contributed by atoms with Crippen LogP contribution in [-0.4, -0.2) is 27.1 Å². The second-order valence-electron chi connectivity index (χ2n) is 5.76. The maximum absolute atomic E-state index is 5.49. The average Bonchev–Trinajstić information content (AvgIpc) is 2.83. The van der Waals surface area contributed by atoms with E-state index < -0.39 is 0 Å². The third-order valence-electron chi connectivity index (χ3n) is 4.07. The molecule has 114 valence electrons. The summed E-state index contributed by atoms with van der Waals surface area (Å²) in [7, 11) is 0. The van der Waals surface area contributed by atoms with Gasteiger partial charge in [0, 0.05) is 17.0 Å². The topological polar surface area (TPSA) is 79.1 Å². The number of fused-ring (bicyclic) bond motifs is 1. The Morgan fingerprint density at radius 3 is 2.67 bits per heavy atom. The summed E-state index contributed by atoms with van der Waals surface area (Å²) in [5, 5.41) is 3.36. The highest BCUT2D eigenvalue weighted by Gasteiger charge is 2.26. The van der Waals surface area contributed by atoms with E-state index in [0.717, 1.165) is 16.0 Å². The summed E-state index contributed by atoms with van der Waals surface area (Å²) in [5.74, 6) is 6.77. The third-order valence-corrected chi connectivity index (χ3v) is 5.02. The fourth-order valence-corrected chi connectivity index (χ4v) is 3.84. The van der Waals surface area contributed by atoms with E-state index in [1.807, 2.05) is 0 Å². The number of nitrogens with one attached hydrogen (secondary N) is 2. The van der Waals surface area contributed by atoms with E-state index in [9.17, 15) is 0 Å². The lowest BCUT2D eigenvalue weighted by atomic mass is 10.00. The number of nitrogen functional groups attached to an aromatic ring is 1. The van der Waals surface area contributed by atoms with Crippen molar-refractivity contribution in [2.24, 2.45) is 5.84 Å². The summed E-state index contributed by atoms with van der Waals surface area (Å²) in [6, 6.07) is 3.11. The monoisotopic (exact) mass is 306 g/mol. The van der Waals surface area contributed by atoms with Crippen molar-refractivity contribution in [2.45, 2.75) is 52.1 Å². The van der Waals surface area contributed by atoms with Crippen molar-refractivity contribution >= 4 is 33.3 Å². The van der Waals surface area contributed by atoms with Crippen molar-refractivity contribution in [2.75, 3.05) is 10.9 Å². The smallest absolute Gasteiger partial charge is 0.240 e. The number of thiophene rings is 1. The molecule has 0 aromatic carbocycles. The first kappa shape index (κ1) is 14.5. The number of nitrogens with zero attached hydrogens (tertiary/aromatic N) is 3. The molecule has 1 aliphatic heterocycles. The first-order valence-electron chi connectivity index (χ1n) is 7.38. The Morgan fingerprint density at radius 2 is 2.00 bits per heavy atom. The molecule has 4 N–H and O–H groups in total. The molecule has 2 unspecified atom stereocenters. The Morgan fingerprint density at radius 1 is 1.29 bits per heavy atom. The second kappa shape index (κ2) is 5.75. The molecule has 21 heavy (non-hydrogen) atoms. The van der Waals surface area contributed by atoms with Gasteiger partial charge >= 0.3 is 0 Å². The summed E-state index contributed by atoms with van der Waals surface area (Å²) < 4.78 is 0. The van der Waals surface area contributed by atoms with Crippen LogP contribution in [0.5, 0.6) is 0 Å². The van der Waals surface area contributed by atoms with Crippen molar-refractivity contribution in [3.05, 3.63) is 10.9 Å². The van der Waals surface area contributed by atoms with E-state index in [2.05, 4.69) is 52.7 Å². The number of piperidine rings is 1. The maximum Gasteiger partial charge on any atom is 0.240 e. The third kappa shape index (κ3) is 2.81. The molecule has 0 radical (unpaired) electrons. The molecular formula is C14H22N6S. The number of anilines is 2. The van der Waals surface area contributed by atoms with E-state index in [4.69, 9.17) is 5.84 Å². The van der Waals surface area contributed by atoms with Crippen LogP contribution in [0, 0.1) is 6.92 Å². The molecule has 0 amide bonds. The van der Waals surface area contributed by atoms with Gasteiger partial charge in [-0.25, -0.2) is 15.8 Å². The van der Waals surface area contributed by atoms with Crippen LogP contribution in [0.25, 0.3) is 10.2 Å². The summed E-state index contributed by atoms with van der Waals surface area (Å²) >= 11 is 1.65. The zero-order valence-electron chi connectivity index (χ0n) is 12.7. The number of nitrogens with two attached hydrogens (primary N) is 1. The molecule has 0 bridgehead atoms. The first-order valence-corrected chi connectivity index (χ1v) is 8.20. The fraction of sp³-hybridized carbons (Fsp3) is 0.571. The first-order chi connectivity index (χ1) is 10.1. The molecule has 0 spiro atoms. The summed E-state index contributed by atoms with van der Waals surface area (Å²) in [6.45, 7) is 6.59. The summed E-state index contributed by atoms with van der Waals surface area (Å²) in [4.78, 5) is 11.1. The molecule has 2 aromatic heterocycles. The fourth-order valence-electron chi connectivity index (χ4n) is 2.96. The Hall–Kier alpha value is -1.44. The number of hydrazine groups is 2. The van der Waals surface area contributed by atoms with Crippen molar-refractivity contribution < 1.29 is 0 Å². The van der Waals surface area contributed by atoms with Gasteiger partial charge in [0.15, 0.2) is 5.82 Å². The molecule has 3 rings (SSSR count). The van der Waals surface area contributed by atoms with E-state index in [0.29, 0.717) is 18.0 Å². The Balaban J connectivity index is 1.98. The molecule has 3 heterocycles. The molecule has 2 atom stereocenters. The Bertz CT molecular complexity index is 630. The van der Waals surface area contributed by atoms with Gasteiger partial charge in [0.05, 0.1) is 5.39 Å². The number of aryl methyl sites for hydroxylation is 1. The standard InChI is InChI=1S/C14H22N6S/c1-8-5-4-6-9(2)20(8)19-12-11-7-10(3)21-13(11)17-14(16-12)18-15/h7-9H,4-6,15H2,1-3H3,(H2,16,17,18,19). The van der Waals surface area contributed by atoms with Crippen molar-refractivity contribution in [1.82, 2.24) is 15.0 Å². The predicted octanol–water partition coefficient (Wildman–Crippen LogP) is 2.88. The lowest BCUT2D eigenvalue weighted by molar-refractivity contribution is 0.135. The largest absolute Gasteiger partial charge is 0.302 e. The molecule has 1 aliphatic rings. The Kier molecular flexibility index (Phi) is 3.97. The summed E-state index contributed by atoms with van der Waals surface area (Å²) in [5.41, 5.74) is 6.06. The van der Waals surface area contributed by atoms with Crippen LogP contribution in [0.3, 0.4) is 0 Å². The quantitative estimate of drug-likeness (QED) is 0.598. The highest BCUT2D eigenvalue weighted by atomic mass is 32.1. The van der Waals surface area contributed by atoms with Crippen LogP contribution < -0.4 is 16.7 Å². The lowest BCUT2D eigenvalue weighted by Gasteiger charge is -2.39. The average molecular weight is 306 g/mol. The van der Waals surface area contributed by atoms with Gasteiger partial charge in [0.1, 0.15) is 4.83 Å². The number of rotatable bonds is 3. The van der Waals surface area contributed by atoms with Gasteiger partial charge in [0.2, 0.25) is 5.95 Å².